The number of rotatable bonds is 2. The summed E-state index contributed by atoms with van der Waals surface area (Å²) in [7, 11) is 0. The smallest absolute Gasteiger partial charge is 0.316 e. The van der Waals surface area contributed by atoms with Gasteiger partial charge in [-0.2, -0.15) is 0 Å². The van der Waals surface area contributed by atoms with Crippen molar-refractivity contribution in [1.82, 2.24) is 10.6 Å². The quantitative estimate of drug-likeness (QED) is 0.810. The second kappa shape index (κ2) is 4.24. The average Bonchev–Trinajstić information content (AvgIpc) is 2.96. The van der Waals surface area contributed by atoms with Crippen molar-refractivity contribution >= 4 is 11.9 Å². The zero-order chi connectivity index (χ0) is 22.0. The molecule has 1 saturated heterocycles. The summed E-state index contributed by atoms with van der Waals surface area (Å²) in [6, 6.07) is -9.35. The van der Waals surface area contributed by atoms with Crippen LogP contribution in [0.1, 0.15) is 24.8 Å². The first-order valence-electron chi connectivity index (χ1n) is 10.2. The van der Waals surface area contributed by atoms with Gasteiger partial charge in [-0.3, -0.25) is 10.1 Å². The lowest BCUT2D eigenvalue weighted by atomic mass is 9.83. The highest BCUT2D eigenvalue weighted by Gasteiger charge is 2.48. The van der Waals surface area contributed by atoms with Gasteiger partial charge in [-0.1, -0.05) is 60.4 Å². The monoisotopic (exact) mass is 262 g/mol. The van der Waals surface area contributed by atoms with Crippen molar-refractivity contribution in [2.24, 2.45) is 0 Å². The minimum Gasteiger partial charge on any atom is -0.316 e. The van der Waals surface area contributed by atoms with Crippen LogP contribution in [0.2, 0.25) is 0 Å². The van der Waals surface area contributed by atoms with Crippen molar-refractivity contribution in [1.29, 1.82) is 0 Å². The van der Waals surface area contributed by atoms with Crippen LogP contribution in [0.4, 0.5) is 4.79 Å². The maximum Gasteiger partial charge on any atom is 0.322 e. The van der Waals surface area contributed by atoms with E-state index in [1.165, 1.54) is 0 Å². The number of nitrogens with one attached hydrogen (secondary N) is 2. The molecule has 0 spiro atoms. The average molecular weight is 262 g/mol. The Morgan fingerprint density at radius 1 is 0.842 bits per heavy atom. The van der Waals surface area contributed by atoms with E-state index in [0.717, 1.165) is 0 Å². The van der Waals surface area contributed by atoms with Crippen LogP contribution < -0.4 is 10.6 Å². The first-order chi connectivity index (χ1) is 13.4. The molecule has 2 N–H and O–H groups in total. The third-order valence-corrected chi connectivity index (χ3v) is 2.62. The van der Waals surface area contributed by atoms with E-state index in [-0.39, 0.29) is 0 Å². The van der Waals surface area contributed by atoms with Gasteiger partial charge in [0.25, 0.3) is 5.91 Å². The Balaban J connectivity index is 2.59. The van der Waals surface area contributed by atoms with Crippen LogP contribution >= 0.6 is 0 Å². The van der Waals surface area contributed by atoms with Gasteiger partial charge in [0.1, 0.15) is 0 Å². The molecule has 2 aromatic rings. The van der Waals surface area contributed by atoms with Crippen LogP contribution in [-0.4, -0.2) is 11.9 Å². The SMILES string of the molecule is [2H]c1c([2H])c([2H])c(C2(c3c([2H])c([2H])c([2H])c([2H])c3[2H])NC(=O)NC2=O)c([2H])c1[2H]. The van der Waals surface area contributed by atoms with Crippen molar-refractivity contribution in [3.63, 3.8) is 0 Å². The molecular formula is C15H12N2O2. The van der Waals surface area contributed by atoms with Crippen molar-refractivity contribution < 1.29 is 23.3 Å². The van der Waals surface area contributed by atoms with Gasteiger partial charge in [0.2, 0.25) is 0 Å². The van der Waals surface area contributed by atoms with Gasteiger partial charge in [-0.15, -0.1) is 0 Å². The first-order valence-corrected chi connectivity index (χ1v) is 5.16. The molecule has 1 aliphatic rings. The normalized spacial score (nSPS) is 24.2. The molecule has 0 bridgehead atoms. The summed E-state index contributed by atoms with van der Waals surface area (Å²) >= 11 is 0. The van der Waals surface area contributed by atoms with Gasteiger partial charge >= 0.3 is 6.03 Å². The predicted octanol–water partition coefficient (Wildman–Crippen LogP) is 1.77. The van der Waals surface area contributed by atoms with E-state index in [1.54, 1.807) is 0 Å². The summed E-state index contributed by atoms with van der Waals surface area (Å²) in [5.74, 6) is -1.24. The van der Waals surface area contributed by atoms with Crippen LogP contribution in [0, 0.1) is 0 Å². The molecule has 0 aromatic heterocycles. The maximum absolute atomic E-state index is 12.9. The van der Waals surface area contributed by atoms with E-state index in [1.807, 2.05) is 5.32 Å². The molecule has 1 heterocycles. The van der Waals surface area contributed by atoms with Crippen molar-refractivity contribution in [2.75, 3.05) is 0 Å². The highest BCUT2D eigenvalue weighted by atomic mass is 16.2. The minimum absolute atomic E-state index is 0.731. The van der Waals surface area contributed by atoms with Crippen LogP contribution in [0.5, 0.6) is 0 Å². The molecule has 0 radical (unpaired) electrons. The number of benzene rings is 2. The lowest BCUT2D eigenvalue weighted by Crippen LogP contribution is -2.44. The molecule has 1 fully saturated rings. The summed E-state index contributed by atoms with van der Waals surface area (Å²) in [6.07, 6.45) is 0. The molecule has 3 rings (SSSR count). The minimum atomic E-state index is -2.63. The van der Waals surface area contributed by atoms with Crippen molar-refractivity contribution in [3.05, 3.63) is 71.6 Å². The van der Waals surface area contributed by atoms with Crippen LogP contribution in [0.3, 0.4) is 0 Å². The molecule has 1 aliphatic heterocycles. The Kier molecular flexibility index (Phi) is 1.07. The standard InChI is InChI=1S/C15H12N2O2/c18-13-15(17-14(19)16-13,11-7-3-1-4-8-11)12-9-5-2-6-10-12/h1-10H,(H2,16,17,18,19)/i1D,2D,3D,4D,5D,6D,7D,8D,9D,10D. The fourth-order valence-electron chi connectivity index (χ4n) is 1.81. The molecule has 4 heteroatoms. The summed E-state index contributed by atoms with van der Waals surface area (Å²) < 4.78 is 79.4. The van der Waals surface area contributed by atoms with Gasteiger partial charge in [0.15, 0.2) is 5.54 Å². The molecular weight excluding hydrogens is 240 g/mol. The van der Waals surface area contributed by atoms with Gasteiger partial charge in [0, 0.05) is 0 Å². The van der Waals surface area contributed by atoms with E-state index in [4.69, 9.17) is 13.7 Å². The number of hydrogen-bond acceptors (Lipinski definition) is 2. The lowest BCUT2D eigenvalue weighted by molar-refractivity contribution is -0.122. The van der Waals surface area contributed by atoms with Gasteiger partial charge < -0.3 is 5.32 Å². The second-order valence-corrected chi connectivity index (χ2v) is 3.66. The number of imide groups is 1. The van der Waals surface area contributed by atoms with Crippen molar-refractivity contribution in [2.45, 2.75) is 5.54 Å². The second-order valence-electron chi connectivity index (χ2n) is 3.66. The van der Waals surface area contributed by atoms with Gasteiger partial charge in [-0.25, -0.2) is 4.79 Å². The lowest BCUT2D eigenvalue weighted by Gasteiger charge is -2.27. The van der Waals surface area contributed by atoms with E-state index >= 15 is 0 Å². The third-order valence-electron chi connectivity index (χ3n) is 2.62. The number of carbonyl (C=O) groups is 2. The van der Waals surface area contributed by atoms with E-state index in [0.29, 0.717) is 0 Å². The molecule has 0 aliphatic carbocycles. The summed E-state index contributed by atoms with van der Waals surface area (Å²) in [5.41, 5.74) is -4.09. The van der Waals surface area contributed by atoms with E-state index in [2.05, 4.69) is 5.32 Å². The Bertz CT molecular complexity index is 990. The molecule has 3 amide bonds. The highest BCUT2D eigenvalue weighted by Crippen LogP contribution is 2.32. The van der Waals surface area contributed by atoms with Gasteiger partial charge in [0.05, 0.1) is 13.7 Å². The summed E-state index contributed by atoms with van der Waals surface area (Å²) in [6.45, 7) is 0. The van der Waals surface area contributed by atoms with Crippen molar-refractivity contribution in [3.8, 4) is 0 Å². The highest BCUT2D eigenvalue weighted by molar-refractivity contribution is 6.09. The molecule has 0 saturated carbocycles. The Morgan fingerprint density at radius 3 is 1.68 bits per heavy atom. The summed E-state index contributed by atoms with van der Waals surface area (Å²) in [5, 5.41) is 3.99. The predicted molar refractivity (Wildman–Crippen MR) is 70.3 cm³/mol. The Hall–Kier alpha value is -2.62. The van der Waals surface area contributed by atoms with E-state index in [9.17, 15) is 9.59 Å². The molecule has 2 aromatic carbocycles. The van der Waals surface area contributed by atoms with Crippen LogP contribution in [-0.2, 0) is 10.3 Å². The Morgan fingerprint density at radius 2 is 1.32 bits per heavy atom. The first kappa shape index (κ1) is 4.81. The molecule has 4 nitrogen and oxygen atoms in total. The fraction of sp³-hybridized carbons (Fsp3) is 0.0667. The molecule has 0 unspecified atom stereocenters. The molecule has 19 heavy (non-hydrogen) atoms. The summed E-state index contributed by atoms with van der Waals surface area (Å²) in [4.78, 5) is 24.9. The maximum atomic E-state index is 12.9. The largest absolute Gasteiger partial charge is 0.322 e. The zero-order valence-electron chi connectivity index (χ0n) is 19.3. The number of amides is 3. The number of carbonyl (C=O) groups excluding carboxylic acids is 2. The van der Waals surface area contributed by atoms with Crippen LogP contribution in [0.25, 0.3) is 0 Å². The topological polar surface area (TPSA) is 58.2 Å². The molecule has 0 atom stereocenters. The number of hydrogen-bond donors (Lipinski definition) is 2. The Labute approximate surface area is 124 Å². The molecule has 94 valence electrons. The number of urea groups is 1. The van der Waals surface area contributed by atoms with E-state index < -0.39 is 89.0 Å². The zero-order valence-corrected chi connectivity index (χ0v) is 9.32. The third kappa shape index (κ3) is 1.69. The fourth-order valence-corrected chi connectivity index (χ4v) is 1.81. The van der Waals surface area contributed by atoms with Gasteiger partial charge in [-0.05, 0) is 11.1 Å². The van der Waals surface area contributed by atoms with Crippen LogP contribution in [0.15, 0.2) is 60.4 Å².